The van der Waals surface area contributed by atoms with Crippen LogP contribution in [-0.2, 0) is 10.0 Å². The second-order valence-electron chi connectivity index (χ2n) is 5.30. The van der Waals surface area contributed by atoms with Crippen LogP contribution in [0.1, 0.15) is 0 Å². The van der Waals surface area contributed by atoms with Gasteiger partial charge < -0.3 is 4.90 Å². The van der Waals surface area contributed by atoms with Crippen LogP contribution in [0.15, 0.2) is 53.4 Å². The largest absolute Gasteiger partial charge is 0.368 e. The monoisotopic (exact) mass is 462 g/mol. The van der Waals surface area contributed by atoms with Crippen molar-refractivity contribution < 1.29 is 8.42 Å². The van der Waals surface area contributed by atoms with E-state index in [-0.39, 0.29) is 0 Å². The number of nitrogens with zero attached hydrogens (tertiary/aromatic N) is 2. The fourth-order valence-corrected chi connectivity index (χ4v) is 4.67. The van der Waals surface area contributed by atoms with Crippen molar-refractivity contribution in [3.05, 3.63) is 57.1 Å². The zero-order chi connectivity index (χ0) is 16.4. The molecule has 0 saturated carbocycles. The molecule has 2 aromatic rings. The van der Waals surface area contributed by atoms with Gasteiger partial charge in [-0.05, 0) is 59.0 Å². The van der Waals surface area contributed by atoms with Crippen LogP contribution < -0.4 is 4.90 Å². The lowest BCUT2D eigenvalue weighted by atomic mass is 10.2. The zero-order valence-electron chi connectivity index (χ0n) is 12.3. The molecular formula is C16H16ClIN2O2S. The summed E-state index contributed by atoms with van der Waals surface area (Å²) in [7, 11) is -3.42. The van der Waals surface area contributed by atoms with Gasteiger partial charge in [-0.2, -0.15) is 4.31 Å². The first kappa shape index (κ1) is 17.0. The Morgan fingerprint density at radius 3 is 2.13 bits per heavy atom. The van der Waals surface area contributed by atoms with Crippen molar-refractivity contribution in [2.45, 2.75) is 4.90 Å². The second kappa shape index (κ2) is 6.96. The number of piperazine rings is 1. The van der Waals surface area contributed by atoms with Crippen molar-refractivity contribution in [3.63, 3.8) is 0 Å². The van der Waals surface area contributed by atoms with Crippen molar-refractivity contribution in [1.82, 2.24) is 4.31 Å². The van der Waals surface area contributed by atoms with E-state index in [0.717, 1.165) is 9.26 Å². The second-order valence-corrected chi connectivity index (χ2v) is 8.89. The Morgan fingerprint density at radius 2 is 1.52 bits per heavy atom. The summed E-state index contributed by atoms with van der Waals surface area (Å²) in [4.78, 5) is 2.48. The smallest absolute Gasteiger partial charge is 0.243 e. The molecule has 4 nitrogen and oxygen atoms in total. The van der Waals surface area contributed by atoms with Gasteiger partial charge >= 0.3 is 0 Å². The molecule has 1 aliphatic rings. The van der Waals surface area contributed by atoms with E-state index < -0.39 is 10.0 Å². The Bertz CT molecular complexity index is 788. The summed E-state index contributed by atoms with van der Waals surface area (Å²) < 4.78 is 27.9. The molecule has 0 N–H and O–H groups in total. The van der Waals surface area contributed by atoms with Gasteiger partial charge in [-0.25, -0.2) is 8.42 Å². The number of sulfonamides is 1. The number of hydrogen-bond acceptors (Lipinski definition) is 3. The molecule has 0 radical (unpaired) electrons. The third kappa shape index (κ3) is 3.65. The highest BCUT2D eigenvalue weighted by atomic mass is 127. The normalized spacial score (nSPS) is 16.5. The van der Waals surface area contributed by atoms with Crippen LogP contribution in [0.5, 0.6) is 0 Å². The van der Waals surface area contributed by atoms with Crippen LogP contribution >= 0.6 is 34.2 Å². The van der Waals surface area contributed by atoms with Gasteiger partial charge in [-0.3, -0.25) is 0 Å². The quantitative estimate of drug-likeness (QED) is 0.656. The predicted octanol–water partition coefficient (Wildman–Crippen LogP) is 3.46. The number of hydrogen-bond donors (Lipinski definition) is 0. The minimum absolute atomic E-state index is 0.351. The van der Waals surface area contributed by atoms with Crippen LogP contribution in [0.4, 0.5) is 5.69 Å². The molecule has 0 aliphatic carbocycles. The van der Waals surface area contributed by atoms with E-state index in [1.807, 2.05) is 36.4 Å². The molecule has 3 rings (SSSR count). The molecule has 1 saturated heterocycles. The molecule has 0 aromatic heterocycles. The van der Waals surface area contributed by atoms with E-state index in [4.69, 9.17) is 11.6 Å². The third-order valence-corrected chi connectivity index (χ3v) is 6.83. The molecule has 2 aromatic carbocycles. The van der Waals surface area contributed by atoms with Crippen LogP contribution in [-0.4, -0.2) is 38.9 Å². The molecule has 23 heavy (non-hydrogen) atoms. The van der Waals surface area contributed by atoms with Gasteiger partial charge in [0.05, 0.1) is 15.6 Å². The van der Waals surface area contributed by atoms with Crippen molar-refractivity contribution in [2.24, 2.45) is 0 Å². The molecular weight excluding hydrogens is 447 g/mol. The van der Waals surface area contributed by atoms with E-state index in [2.05, 4.69) is 27.5 Å². The first-order valence-corrected chi connectivity index (χ1v) is 10.1. The highest BCUT2D eigenvalue weighted by Crippen LogP contribution is 2.27. The Morgan fingerprint density at radius 1 is 0.913 bits per heavy atom. The molecule has 1 fully saturated rings. The maximum Gasteiger partial charge on any atom is 0.243 e. The summed E-state index contributed by atoms with van der Waals surface area (Å²) >= 11 is 8.38. The SMILES string of the molecule is O=S(=O)(c1ccc(I)cc1)N1CCN(c2ccccc2Cl)CC1. The summed E-state index contributed by atoms with van der Waals surface area (Å²) in [5.41, 5.74) is 0.959. The molecule has 1 aliphatic heterocycles. The van der Waals surface area contributed by atoms with Crippen LogP contribution in [0, 0.1) is 3.57 Å². The molecule has 0 unspecified atom stereocenters. The molecule has 122 valence electrons. The van der Waals surface area contributed by atoms with Gasteiger partial charge in [0, 0.05) is 29.7 Å². The van der Waals surface area contributed by atoms with Crippen molar-refractivity contribution in [3.8, 4) is 0 Å². The Labute approximate surface area is 155 Å². The summed E-state index contributed by atoms with van der Waals surface area (Å²) in [6.45, 7) is 2.18. The molecule has 0 spiro atoms. The number of halogens is 2. The first-order chi connectivity index (χ1) is 11.0. The Kier molecular flexibility index (Phi) is 5.15. The number of benzene rings is 2. The minimum Gasteiger partial charge on any atom is -0.368 e. The van der Waals surface area contributed by atoms with E-state index >= 15 is 0 Å². The lowest BCUT2D eigenvalue weighted by Crippen LogP contribution is -2.48. The lowest BCUT2D eigenvalue weighted by molar-refractivity contribution is 0.385. The van der Waals surface area contributed by atoms with Crippen LogP contribution in [0.25, 0.3) is 0 Å². The van der Waals surface area contributed by atoms with Crippen LogP contribution in [0.2, 0.25) is 5.02 Å². The van der Waals surface area contributed by atoms with Crippen LogP contribution in [0.3, 0.4) is 0 Å². The standard InChI is InChI=1S/C16H16ClIN2O2S/c17-15-3-1-2-4-16(15)19-9-11-20(12-10-19)23(21,22)14-7-5-13(18)6-8-14/h1-8H,9-12H2. The molecule has 0 amide bonds. The number of para-hydroxylation sites is 1. The number of anilines is 1. The zero-order valence-corrected chi connectivity index (χ0v) is 16.1. The molecule has 7 heteroatoms. The fraction of sp³-hybridized carbons (Fsp3) is 0.250. The summed E-state index contributed by atoms with van der Waals surface area (Å²) in [5, 5.41) is 0.696. The van der Waals surface area contributed by atoms with Gasteiger partial charge in [-0.1, -0.05) is 23.7 Å². The highest BCUT2D eigenvalue weighted by Gasteiger charge is 2.28. The molecule has 1 heterocycles. The minimum atomic E-state index is -3.42. The van der Waals surface area contributed by atoms with Gasteiger partial charge in [0.2, 0.25) is 10.0 Å². The average molecular weight is 463 g/mol. The van der Waals surface area contributed by atoms with Gasteiger partial charge in [-0.15, -0.1) is 0 Å². The first-order valence-electron chi connectivity index (χ1n) is 7.24. The average Bonchev–Trinajstić information content (AvgIpc) is 2.56. The maximum absolute atomic E-state index is 12.7. The maximum atomic E-state index is 12.7. The Balaban J connectivity index is 1.74. The highest BCUT2D eigenvalue weighted by molar-refractivity contribution is 14.1. The number of rotatable bonds is 3. The van der Waals surface area contributed by atoms with Crippen molar-refractivity contribution >= 4 is 49.9 Å². The summed E-state index contributed by atoms with van der Waals surface area (Å²) in [6.07, 6.45) is 0. The third-order valence-electron chi connectivity index (χ3n) is 3.88. The van der Waals surface area contributed by atoms with Crippen molar-refractivity contribution in [1.29, 1.82) is 0 Å². The van der Waals surface area contributed by atoms with Gasteiger partial charge in [0.1, 0.15) is 0 Å². The molecule has 0 bridgehead atoms. The Hall–Kier alpha value is -0.830. The van der Waals surface area contributed by atoms with Crippen molar-refractivity contribution in [2.75, 3.05) is 31.1 Å². The van der Waals surface area contributed by atoms with Gasteiger partial charge in [0.15, 0.2) is 0 Å². The lowest BCUT2D eigenvalue weighted by Gasteiger charge is -2.35. The van der Waals surface area contributed by atoms with E-state index in [0.29, 0.717) is 36.1 Å². The van der Waals surface area contributed by atoms with E-state index in [1.54, 1.807) is 16.4 Å². The van der Waals surface area contributed by atoms with E-state index in [1.165, 1.54) is 0 Å². The summed E-state index contributed by atoms with van der Waals surface area (Å²) in [6, 6.07) is 14.6. The predicted molar refractivity (Wildman–Crippen MR) is 102 cm³/mol. The van der Waals surface area contributed by atoms with E-state index in [9.17, 15) is 8.42 Å². The van der Waals surface area contributed by atoms with Gasteiger partial charge in [0.25, 0.3) is 0 Å². The molecule has 0 atom stereocenters. The topological polar surface area (TPSA) is 40.6 Å². The summed E-state index contributed by atoms with van der Waals surface area (Å²) in [5.74, 6) is 0. The fourth-order valence-electron chi connectivity index (χ4n) is 2.63.